The quantitative estimate of drug-likeness (QED) is 0.914. The summed E-state index contributed by atoms with van der Waals surface area (Å²) in [5, 5.41) is 17.0. The predicted molar refractivity (Wildman–Crippen MR) is 74.9 cm³/mol. The molecule has 6 nitrogen and oxygen atoms in total. The zero-order chi connectivity index (χ0) is 15.6. The molecule has 0 aliphatic carbocycles. The minimum Gasteiger partial charge on any atom is -0.480 e. The molecule has 0 aliphatic heterocycles. The van der Waals surface area contributed by atoms with Crippen molar-refractivity contribution in [2.45, 2.75) is 19.5 Å². The Kier molecular flexibility index (Phi) is 4.54. The Bertz CT molecular complexity index is 661. The van der Waals surface area contributed by atoms with Gasteiger partial charge in [-0.05, 0) is 32.2 Å². The number of carboxylic acids is 1. The number of hydrogen-bond acceptors (Lipinski definition) is 4. The van der Waals surface area contributed by atoms with Gasteiger partial charge in [0.1, 0.15) is 11.9 Å². The first-order valence-electron chi connectivity index (χ1n) is 6.18. The van der Waals surface area contributed by atoms with Crippen LogP contribution in [-0.4, -0.2) is 44.1 Å². The molecule has 2 rings (SSSR count). The molecule has 0 aliphatic rings. The third-order valence-corrected chi connectivity index (χ3v) is 3.43. The smallest absolute Gasteiger partial charge is 0.320 e. The van der Waals surface area contributed by atoms with Crippen molar-refractivity contribution in [2.75, 3.05) is 7.05 Å². The first-order chi connectivity index (χ1) is 9.88. The Labute approximate surface area is 125 Å². The monoisotopic (exact) mass is 312 g/mol. The SMILES string of the molecule is CC(C(=O)O)N(C)Cc1cn(-c2ccc(F)cc2Cl)nn1. The van der Waals surface area contributed by atoms with Crippen LogP contribution in [0.5, 0.6) is 0 Å². The molecule has 0 spiro atoms. The van der Waals surface area contributed by atoms with Gasteiger partial charge in [0.15, 0.2) is 0 Å². The van der Waals surface area contributed by atoms with Gasteiger partial charge < -0.3 is 5.11 Å². The molecule has 8 heteroatoms. The molecule has 1 aromatic carbocycles. The molecule has 112 valence electrons. The second-order valence-corrected chi connectivity index (χ2v) is 5.09. The van der Waals surface area contributed by atoms with E-state index < -0.39 is 17.8 Å². The lowest BCUT2D eigenvalue weighted by atomic mass is 10.3. The van der Waals surface area contributed by atoms with Gasteiger partial charge in [-0.25, -0.2) is 9.07 Å². The van der Waals surface area contributed by atoms with E-state index in [1.165, 1.54) is 22.9 Å². The number of carbonyl (C=O) groups is 1. The first kappa shape index (κ1) is 15.4. The lowest BCUT2D eigenvalue weighted by Crippen LogP contribution is -2.35. The Morgan fingerprint density at radius 1 is 1.57 bits per heavy atom. The van der Waals surface area contributed by atoms with Crippen LogP contribution in [0.4, 0.5) is 4.39 Å². The molecule has 0 fully saturated rings. The van der Waals surface area contributed by atoms with Gasteiger partial charge in [0.2, 0.25) is 0 Å². The minimum absolute atomic E-state index is 0.221. The average molecular weight is 313 g/mol. The van der Waals surface area contributed by atoms with Crippen molar-refractivity contribution >= 4 is 17.6 Å². The highest BCUT2D eigenvalue weighted by molar-refractivity contribution is 6.32. The molecule has 21 heavy (non-hydrogen) atoms. The van der Waals surface area contributed by atoms with E-state index in [9.17, 15) is 9.18 Å². The summed E-state index contributed by atoms with van der Waals surface area (Å²) in [5.41, 5.74) is 1.09. The first-order valence-corrected chi connectivity index (χ1v) is 6.56. The number of halogens is 2. The molecule has 0 bridgehead atoms. The van der Waals surface area contributed by atoms with Crippen molar-refractivity contribution in [3.8, 4) is 5.69 Å². The number of hydrogen-bond donors (Lipinski definition) is 1. The van der Waals surface area contributed by atoms with Crippen LogP contribution >= 0.6 is 11.6 Å². The van der Waals surface area contributed by atoms with Crippen molar-refractivity contribution in [1.82, 2.24) is 19.9 Å². The Hall–Kier alpha value is -1.99. The van der Waals surface area contributed by atoms with Crippen LogP contribution in [0, 0.1) is 5.82 Å². The van der Waals surface area contributed by atoms with Gasteiger partial charge in [0.25, 0.3) is 0 Å². The molecule has 1 aromatic heterocycles. The van der Waals surface area contributed by atoms with Crippen molar-refractivity contribution in [2.24, 2.45) is 0 Å². The van der Waals surface area contributed by atoms with E-state index in [1.807, 2.05) is 0 Å². The van der Waals surface area contributed by atoms with Crippen molar-refractivity contribution in [1.29, 1.82) is 0 Å². The number of likely N-dealkylation sites (N-methyl/N-ethyl adjacent to an activating group) is 1. The van der Waals surface area contributed by atoms with E-state index in [-0.39, 0.29) is 5.02 Å². The largest absolute Gasteiger partial charge is 0.480 e. The predicted octanol–water partition coefficient (Wildman–Crippen LogP) is 1.96. The third-order valence-electron chi connectivity index (χ3n) is 3.13. The third kappa shape index (κ3) is 3.56. The Morgan fingerprint density at radius 2 is 2.29 bits per heavy atom. The van der Waals surface area contributed by atoms with E-state index in [0.717, 1.165) is 0 Å². The van der Waals surface area contributed by atoms with Gasteiger partial charge in [-0.15, -0.1) is 5.10 Å². The van der Waals surface area contributed by atoms with Crippen LogP contribution in [-0.2, 0) is 11.3 Å². The number of benzene rings is 1. The Balaban J connectivity index is 2.16. The second kappa shape index (κ2) is 6.19. The number of carboxylic acid groups (broad SMARTS) is 1. The topological polar surface area (TPSA) is 71.2 Å². The summed E-state index contributed by atoms with van der Waals surface area (Å²) in [5.74, 6) is -1.34. The minimum atomic E-state index is -0.911. The zero-order valence-electron chi connectivity index (χ0n) is 11.5. The Morgan fingerprint density at radius 3 is 2.90 bits per heavy atom. The molecule has 1 heterocycles. The van der Waals surface area contributed by atoms with E-state index in [4.69, 9.17) is 16.7 Å². The number of rotatable bonds is 5. The number of nitrogens with zero attached hydrogens (tertiary/aromatic N) is 4. The lowest BCUT2D eigenvalue weighted by Gasteiger charge is -2.19. The zero-order valence-corrected chi connectivity index (χ0v) is 12.3. The van der Waals surface area contributed by atoms with Gasteiger partial charge >= 0.3 is 5.97 Å². The van der Waals surface area contributed by atoms with Crippen LogP contribution in [0.3, 0.4) is 0 Å². The van der Waals surface area contributed by atoms with Gasteiger partial charge in [-0.1, -0.05) is 16.8 Å². The normalized spacial score (nSPS) is 12.6. The molecule has 1 N–H and O–H groups in total. The summed E-state index contributed by atoms with van der Waals surface area (Å²) >= 11 is 5.95. The highest BCUT2D eigenvalue weighted by Gasteiger charge is 2.18. The van der Waals surface area contributed by atoms with Gasteiger partial charge in [0.05, 0.1) is 22.6 Å². The molecule has 0 saturated heterocycles. The summed E-state index contributed by atoms with van der Waals surface area (Å²) in [4.78, 5) is 12.5. The maximum atomic E-state index is 13.0. The van der Waals surface area contributed by atoms with Crippen molar-refractivity contribution in [3.05, 3.63) is 40.9 Å². The van der Waals surface area contributed by atoms with Crippen LogP contribution < -0.4 is 0 Å². The molecule has 0 radical (unpaired) electrons. The molecule has 1 atom stereocenters. The molecule has 2 aromatic rings. The van der Waals surface area contributed by atoms with E-state index in [0.29, 0.717) is 17.9 Å². The van der Waals surface area contributed by atoms with Crippen LogP contribution in [0.2, 0.25) is 5.02 Å². The second-order valence-electron chi connectivity index (χ2n) is 4.68. The van der Waals surface area contributed by atoms with Crippen LogP contribution in [0.1, 0.15) is 12.6 Å². The summed E-state index contributed by atoms with van der Waals surface area (Å²) in [7, 11) is 1.68. The fraction of sp³-hybridized carbons (Fsp3) is 0.308. The van der Waals surface area contributed by atoms with Crippen molar-refractivity contribution in [3.63, 3.8) is 0 Å². The lowest BCUT2D eigenvalue weighted by molar-refractivity contribution is -0.142. The average Bonchev–Trinajstić information content (AvgIpc) is 2.85. The molecule has 0 saturated carbocycles. The summed E-state index contributed by atoms with van der Waals surface area (Å²) < 4.78 is 14.4. The van der Waals surface area contributed by atoms with Crippen molar-refractivity contribution < 1.29 is 14.3 Å². The van der Waals surface area contributed by atoms with Crippen LogP contribution in [0.15, 0.2) is 24.4 Å². The van der Waals surface area contributed by atoms with Gasteiger partial charge in [-0.3, -0.25) is 9.69 Å². The van der Waals surface area contributed by atoms with Crippen LogP contribution in [0.25, 0.3) is 5.69 Å². The molecular formula is C13H14ClFN4O2. The summed E-state index contributed by atoms with van der Waals surface area (Å²) in [6, 6.07) is 3.34. The maximum absolute atomic E-state index is 13.0. The highest BCUT2D eigenvalue weighted by Crippen LogP contribution is 2.20. The molecule has 0 amide bonds. The van der Waals surface area contributed by atoms with Gasteiger partial charge in [-0.2, -0.15) is 0 Å². The van der Waals surface area contributed by atoms with E-state index in [1.54, 1.807) is 25.1 Å². The standard InChI is InChI=1S/C13H14ClFN4O2/c1-8(13(20)21)18(2)6-10-7-19(17-16-10)12-4-3-9(15)5-11(12)14/h3-5,7-8H,6H2,1-2H3,(H,20,21). The maximum Gasteiger partial charge on any atom is 0.320 e. The highest BCUT2D eigenvalue weighted by atomic mass is 35.5. The fourth-order valence-electron chi connectivity index (χ4n) is 1.74. The summed E-state index contributed by atoms with van der Waals surface area (Å²) in [6.45, 7) is 1.91. The number of aliphatic carboxylic acids is 1. The van der Waals surface area contributed by atoms with Gasteiger partial charge in [0, 0.05) is 6.54 Å². The van der Waals surface area contributed by atoms with E-state index in [2.05, 4.69) is 10.3 Å². The fourth-order valence-corrected chi connectivity index (χ4v) is 1.99. The summed E-state index contributed by atoms with van der Waals surface area (Å²) in [6.07, 6.45) is 1.63. The number of aromatic nitrogens is 3. The molecular weight excluding hydrogens is 299 g/mol. The molecule has 1 unspecified atom stereocenters. The van der Waals surface area contributed by atoms with E-state index >= 15 is 0 Å².